The maximum atomic E-state index is 5.36. The molecule has 3 heteroatoms. The molecule has 106 valence electrons. The molecule has 1 heterocycles. The van der Waals surface area contributed by atoms with Gasteiger partial charge >= 0.3 is 0 Å². The van der Waals surface area contributed by atoms with E-state index in [0.29, 0.717) is 0 Å². The van der Waals surface area contributed by atoms with Crippen LogP contribution in [-0.4, -0.2) is 33.3 Å². The molecule has 0 radical (unpaired) electrons. The van der Waals surface area contributed by atoms with Crippen LogP contribution in [0.3, 0.4) is 0 Å². The molecule has 1 unspecified atom stereocenters. The second-order valence-electron chi connectivity index (χ2n) is 5.31. The van der Waals surface area contributed by atoms with Crippen LogP contribution in [-0.2, 0) is 12.8 Å². The number of benzene rings is 1. The maximum absolute atomic E-state index is 5.36. The quantitative estimate of drug-likeness (QED) is 0.737. The second-order valence-corrected chi connectivity index (χ2v) is 5.31. The van der Waals surface area contributed by atoms with Crippen LogP contribution in [0.2, 0.25) is 0 Å². The monoisotopic (exact) mass is 262 g/mol. The Balaban J connectivity index is 1.75. The molecule has 2 rings (SSSR count). The Labute approximate surface area is 116 Å². The molecule has 1 fully saturated rings. The number of hydrogen-bond acceptors (Lipinski definition) is 3. The van der Waals surface area contributed by atoms with Crippen LogP contribution in [0, 0.1) is 5.92 Å². The molecular formula is C16H26N2O. The van der Waals surface area contributed by atoms with Crippen LogP contribution in [0.4, 0.5) is 0 Å². The Morgan fingerprint density at radius 3 is 3.00 bits per heavy atom. The maximum Gasteiger partial charge on any atom is 0.122 e. The van der Waals surface area contributed by atoms with E-state index >= 15 is 0 Å². The zero-order valence-corrected chi connectivity index (χ0v) is 12.2. The van der Waals surface area contributed by atoms with Crippen molar-refractivity contribution in [1.82, 2.24) is 10.6 Å². The van der Waals surface area contributed by atoms with E-state index in [0.717, 1.165) is 37.6 Å². The van der Waals surface area contributed by atoms with Gasteiger partial charge < -0.3 is 15.4 Å². The average Bonchev–Trinajstić information content (AvgIpc) is 2.96. The molecular weight excluding hydrogens is 236 g/mol. The van der Waals surface area contributed by atoms with Gasteiger partial charge in [0.15, 0.2) is 0 Å². The van der Waals surface area contributed by atoms with Crippen molar-refractivity contribution in [3.8, 4) is 5.75 Å². The highest BCUT2D eigenvalue weighted by Gasteiger charge is 2.13. The molecule has 0 aliphatic carbocycles. The Morgan fingerprint density at radius 1 is 1.42 bits per heavy atom. The highest BCUT2D eigenvalue weighted by Crippen LogP contribution is 2.20. The molecule has 1 aliphatic heterocycles. The second kappa shape index (κ2) is 7.51. The van der Waals surface area contributed by atoms with Crippen LogP contribution >= 0.6 is 0 Å². The predicted molar refractivity (Wildman–Crippen MR) is 79.9 cm³/mol. The van der Waals surface area contributed by atoms with Crippen LogP contribution in [0.15, 0.2) is 18.2 Å². The van der Waals surface area contributed by atoms with Crippen LogP contribution in [0.25, 0.3) is 0 Å². The molecule has 1 saturated heterocycles. The van der Waals surface area contributed by atoms with E-state index in [1.807, 2.05) is 0 Å². The van der Waals surface area contributed by atoms with Gasteiger partial charge in [0.05, 0.1) is 7.11 Å². The summed E-state index contributed by atoms with van der Waals surface area (Å²) in [4.78, 5) is 0. The summed E-state index contributed by atoms with van der Waals surface area (Å²) in [6.45, 7) is 6.74. The summed E-state index contributed by atoms with van der Waals surface area (Å²) in [6.07, 6.45) is 3.44. The van der Waals surface area contributed by atoms with Crippen LogP contribution in [0.5, 0.6) is 5.75 Å². The van der Waals surface area contributed by atoms with E-state index in [1.165, 1.54) is 30.6 Å². The minimum absolute atomic E-state index is 0.821. The average molecular weight is 262 g/mol. The first kappa shape index (κ1) is 14.4. The van der Waals surface area contributed by atoms with E-state index in [9.17, 15) is 0 Å². The lowest BCUT2D eigenvalue weighted by Gasteiger charge is -2.11. The summed E-state index contributed by atoms with van der Waals surface area (Å²) in [5.74, 6) is 1.83. The number of nitrogens with one attached hydrogen (secondary N) is 2. The van der Waals surface area contributed by atoms with Crippen molar-refractivity contribution in [3.63, 3.8) is 0 Å². The lowest BCUT2D eigenvalue weighted by Crippen LogP contribution is -2.26. The fourth-order valence-electron chi connectivity index (χ4n) is 2.69. The van der Waals surface area contributed by atoms with E-state index in [1.54, 1.807) is 7.11 Å². The molecule has 1 atom stereocenters. The fourth-order valence-corrected chi connectivity index (χ4v) is 2.69. The molecule has 0 aromatic heterocycles. The first-order chi connectivity index (χ1) is 9.33. The van der Waals surface area contributed by atoms with Gasteiger partial charge in [-0.25, -0.2) is 0 Å². The Morgan fingerprint density at radius 2 is 2.32 bits per heavy atom. The first-order valence-corrected chi connectivity index (χ1v) is 7.40. The van der Waals surface area contributed by atoms with Crippen molar-refractivity contribution in [2.75, 3.05) is 33.3 Å². The minimum atomic E-state index is 0.821. The minimum Gasteiger partial charge on any atom is -0.496 e. The zero-order chi connectivity index (χ0) is 13.5. The highest BCUT2D eigenvalue weighted by molar-refractivity contribution is 5.37. The molecule has 2 N–H and O–H groups in total. The summed E-state index contributed by atoms with van der Waals surface area (Å²) >= 11 is 0. The number of ether oxygens (including phenoxy) is 1. The normalized spacial score (nSPS) is 18.7. The lowest BCUT2D eigenvalue weighted by atomic mass is 10.0. The van der Waals surface area contributed by atoms with E-state index in [2.05, 4.69) is 35.8 Å². The van der Waals surface area contributed by atoms with Crippen molar-refractivity contribution in [2.45, 2.75) is 26.2 Å². The van der Waals surface area contributed by atoms with Gasteiger partial charge in [-0.15, -0.1) is 0 Å². The van der Waals surface area contributed by atoms with Crippen molar-refractivity contribution >= 4 is 0 Å². The number of aryl methyl sites for hydroxylation is 1. The summed E-state index contributed by atoms with van der Waals surface area (Å²) in [5, 5.41) is 6.98. The van der Waals surface area contributed by atoms with Crippen molar-refractivity contribution < 1.29 is 4.74 Å². The van der Waals surface area contributed by atoms with Crippen molar-refractivity contribution in [1.29, 1.82) is 0 Å². The van der Waals surface area contributed by atoms with Gasteiger partial charge in [0.2, 0.25) is 0 Å². The van der Waals surface area contributed by atoms with Crippen LogP contribution in [0.1, 0.15) is 24.5 Å². The van der Waals surface area contributed by atoms with Gasteiger partial charge in [-0.05, 0) is 68.6 Å². The molecule has 0 spiro atoms. The van der Waals surface area contributed by atoms with Crippen LogP contribution < -0.4 is 15.4 Å². The third kappa shape index (κ3) is 4.22. The molecule has 0 saturated carbocycles. The molecule has 1 aromatic rings. The zero-order valence-electron chi connectivity index (χ0n) is 12.2. The molecule has 0 bridgehead atoms. The molecule has 3 nitrogen and oxygen atoms in total. The molecule has 0 amide bonds. The first-order valence-electron chi connectivity index (χ1n) is 7.40. The van der Waals surface area contributed by atoms with Gasteiger partial charge in [-0.1, -0.05) is 19.1 Å². The van der Waals surface area contributed by atoms with E-state index in [-0.39, 0.29) is 0 Å². The standard InChI is InChI=1S/C16H26N2O/c1-3-15-10-13(4-5-16(15)19-2)6-8-17-11-14-7-9-18-12-14/h4-5,10,14,17-18H,3,6-9,11-12H2,1-2H3. The van der Waals surface area contributed by atoms with E-state index in [4.69, 9.17) is 4.74 Å². The SMILES string of the molecule is CCc1cc(CCNCC2CCNC2)ccc1OC. The summed E-state index contributed by atoms with van der Waals surface area (Å²) < 4.78 is 5.36. The number of hydrogen-bond donors (Lipinski definition) is 2. The Kier molecular flexibility index (Phi) is 5.67. The van der Waals surface area contributed by atoms with Crippen molar-refractivity contribution in [2.24, 2.45) is 5.92 Å². The van der Waals surface area contributed by atoms with Gasteiger partial charge in [-0.3, -0.25) is 0 Å². The Hall–Kier alpha value is -1.06. The topological polar surface area (TPSA) is 33.3 Å². The van der Waals surface area contributed by atoms with Gasteiger partial charge in [0, 0.05) is 0 Å². The lowest BCUT2D eigenvalue weighted by molar-refractivity contribution is 0.410. The van der Waals surface area contributed by atoms with Crippen molar-refractivity contribution in [3.05, 3.63) is 29.3 Å². The molecule has 1 aromatic carbocycles. The van der Waals surface area contributed by atoms with Gasteiger partial charge in [0.1, 0.15) is 5.75 Å². The smallest absolute Gasteiger partial charge is 0.122 e. The van der Waals surface area contributed by atoms with Gasteiger partial charge in [0.25, 0.3) is 0 Å². The third-order valence-corrected chi connectivity index (χ3v) is 3.91. The summed E-state index contributed by atoms with van der Waals surface area (Å²) in [6, 6.07) is 6.55. The third-order valence-electron chi connectivity index (χ3n) is 3.91. The highest BCUT2D eigenvalue weighted by atomic mass is 16.5. The van der Waals surface area contributed by atoms with Gasteiger partial charge in [-0.2, -0.15) is 0 Å². The summed E-state index contributed by atoms with van der Waals surface area (Å²) in [5.41, 5.74) is 2.70. The number of rotatable bonds is 7. The molecule has 1 aliphatic rings. The molecule has 19 heavy (non-hydrogen) atoms. The van der Waals surface area contributed by atoms with E-state index < -0.39 is 0 Å². The predicted octanol–water partition coefficient (Wildman–Crippen LogP) is 2.00. The number of methoxy groups -OCH3 is 1. The Bertz CT molecular complexity index is 386. The fraction of sp³-hybridized carbons (Fsp3) is 0.625. The summed E-state index contributed by atoms with van der Waals surface area (Å²) in [7, 11) is 1.74. The largest absolute Gasteiger partial charge is 0.496 e.